The number of nitrogens with zero attached hydrogens (tertiary/aromatic N) is 1. The Morgan fingerprint density at radius 1 is 1.00 bits per heavy atom. The monoisotopic (exact) mass is 541 g/mol. The summed E-state index contributed by atoms with van der Waals surface area (Å²) >= 11 is 0. The molecule has 10 atom stereocenters. The maximum absolute atomic E-state index is 13.0. The average Bonchev–Trinajstić information content (AvgIpc) is 3.16. The van der Waals surface area contributed by atoms with Crippen molar-refractivity contribution in [3.05, 3.63) is 0 Å². The molecular formula is C29H51NO6S. The largest absolute Gasteiger partial charge is 0.393 e. The zero-order valence-corrected chi connectivity index (χ0v) is 24.4. The van der Waals surface area contributed by atoms with Crippen LogP contribution in [0.25, 0.3) is 0 Å². The first-order valence-corrected chi connectivity index (χ1v) is 16.4. The molecule has 0 radical (unpaired) electrons. The smallest absolute Gasteiger partial charge is 0.266 e. The molecule has 0 aromatic rings. The quantitative estimate of drug-likeness (QED) is 0.389. The molecule has 4 fully saturated rings. The van der Waals surface area contributed by atoms with Gasteiger partial charge in [-0.05, 0) is 118 Å². The summed E-state index contributed by atoms with van der Waals surface area (Å²) in [6.07, 6.45) is 8.96. The molecule has 4 saturated carbocycles. The van der Waals surface area contributed by atoms with E-state index < -0.39 is 15.9 Å². The van der Waals surface area contributed by atoms with Crippen molar-refractivity contribution in [2.75, 3.05) is 12.3 Å². The fourth-order valence-electron chi connectivity index (χ4n) is 9.74. The van der Waals surface area contributed by atoms with Crippen LogP contribution in [0.3, 0.4) is 0 Å². The first-order chi connectivity index (χ1) is 17.2. The number of fused-ring (bicyclic) bond motifs is 5. The molecule has 7 nitrogen and oxygen atoms in total. The van der Waals surface area contributed by atoms with Crippen LogP contribution in [0.2, 0.25) is 0 Å². The second-order valence-electron chi connectivity index (χ2n) is 13.9. The minimum absolute atomic E-state index is 0.00546. The summed E-state index contributed by atoms with van der Waals surface area (Å²) in [6, 6.07) is -0.132. The summed E-state index contributed by atoms with van der Waals surface area (Å²) in [5.41, 5.74) is 0.0899. The maximum atomic E-state index is 13.0. The van der Waals surface area contributed by atoms with Gasteiger partial charge in [0.05, 0.1) is 18.0 Å². The minimum Gasteiger partial charge on any atom is -0.393 e. The lowest BCUT2D eigenvalue weighted by molar-refractivity contribution is -0.175. The van der Waals surface area contributed by atoms with Gasteiger partial charge in [-0.2, -0.15) is 8.42 Å². The summed E-state index contributed by atoms with van der Waals surface area (Å²) in [4.78, 5) is 14.6. The summed E-state index contributed by atoms with van der Waals surface area (Å²) in [5, 5.41) is 22.0. The van der Waals surface area contributed by atoms with Gasteiger partial charge < -0.3 is 15.1 Å². The molecule has 8 heteroatoms. The third-order valence-corrected chi connectivity index (χ3v) is 12.5. The number of hydrogen-bond donors (Lipinski definition) is 3. The van der Waals surface area contributed by atoms with Crippen molar-refractivity contribution in [2.45, 2.75) is 117 Å². The van der Waals surface area contributed by atoms with Gasteiger partial charge in [-0.25, -0.2) is 0 Å². The Kier molecular flexibility index (Phi) is 8.47. The molecule has 0 bridgehead atoms. The Bertz CT molecular complexity index is 939. The zero-order chi connectivity index (χ0) is 27.3. The van der Waals surface area contributed by atoms with Gasteiger partial charge in [0.25, 0.3) is 10.1 Å². The topological polar surface area (TPSA) is 115 Å². The van der Waals surface area contributed by atoms with Crippen molar-refractivity contribution in [3.63, 3.8) is 0 Å². The van der Waals surface area contributed by atoms with Crippen molar-refractivity contribution in [2.24, 2.45) is 46.3 Å². The van der Waals surface area contributed by atoms with Crippen LogP contribution in [0.1, 0.15) is 98.8 Å². The number of aliphatic hydroxyl groups is 2. The SMILES string of the molecule is CC(C)N(CCS(=O)(=O)O)C(=O)CC[C@@H](C)[C@H]1CC[C@H]2[C@@H]3CC[C@@H]4C[C@H](O)CC[C@]4(C)[C@H]3C[C@H](O)[C@]12C. The first-order valence-electron chi connectivity index (χ1n) is 14.8. The molecule has 37 heavy (non-hydrogen) atoms. The molecule has 4 aliphatic carbocycles. The van der Waals surface area contributed by atoms with Crippen molar-refractivity contribution >= 4 is 16.0 Å². The number of carbonyl (C=O) groups excluding carboxylic acids is 1. The van der Waals surface area contributed by atoms with E-state index in [-0.39, 0.29) is 47.4 Å². The van der Waals surface area contributed by atoms with E-state index in [1.165, 1.54) is 12.8 Å². The van der Waals surface area contributed by atoms with E-state index in [0.29, 0.717) is 36.0 Å². The van der Waals surface area contributed by atoms with Gasteiger partial charge in [-0.1, -0.05) is 20.8 Å². The average molecular weight is 542 g/mol. The van der Waals surface area contributed by atoms with E-state index in [1.807, 2.05) is 13.8 Å². The van der Waals surface area contributed by atoms with Gasteiger partial charge in [-0.3, -0.25) is 9.35 Å². The summed E-state index contributed by atoms with van der Waals surface area (Å²) in [6.45, 7) is 10.7. The van der Waals surface area contributed by atoms with Gasteiger partial charge >= 0.3 is 0 Å². The lowest BCUT2D eigenvalue weighted by atomic mass is 9.43. The Morgan fingerprint density at radius 3 is 2.35 bits per heavy atom. The Morgan fingerprint density at radius 2 is 1.70 bits per heavy atom. The molecule has 3 N–H and O–H groups in total. The fraction of sp³-hybridized carbons (Fsp3) is 0.966. The van der Waals surface area contributed by atoms with Crippen LogP contribution in [-0.2, 0) is 14.9 Å². The third kappa shape index (κ3) is 5.51. The van der Waals surface area contributed by atoms with Gasteiger partial charge in [0.15, 0.2) is 0 Å². The van der Waals surface area contributed by atoms with Gasteiger partial charge in [-0.15, -0.1) is 0 Å². The zero-order valence-electron chi connectivity index (χ0n) is 23.6. The molecule has 4 aliphatic rings. The Labute approximate surface area is 224 Å². The lowest BCUT2D eigenvalue weighted by Crippen LogP contribution is -2.58. The van der Waals surface area contributed by atoms with Crippen LogP contribution < -0.4 is 0 Å². The molecule has 4 rings (SSSR count). The first kappa shape index (κ1) is 29.3. The minimum atomic E-state index is -4.12. The maximum Gasteiger partial charge on any atom is 0.266 e. The molecule has 0 saturated heterocycles. The summed E-state index contributed by atoms with van der Waals surface area (Å²) < 4.78 is 31.6. The van der Waals surface area contributed by atoms with E-state index in [1.54, 1.807) is 4.90 Å². The predicted octanol–water partition coefficient (Wildman–Crippen LogP) is 4.52. The second-order valence-corrected chi connectivity index (χ2v) is 15.4. The van der Waals surface area contributed by atoms with Crippen molar-refractivity contribution < 1.29 is 28.0 Å². The second kappa shape index (κ2) is 10.7. The van der Waals surface area contributed by atoms with Crippen LogP contribution in [0.4, 0.5) is 0 Å². The van der Waals surface area contributed by atoms with Gasteiger partial charge in [0.1, 0.15) is 0 Å². The molecule has 0 spiro atoms. The third-order valence-electron chi connectivity index (χ3n) is 11.9. The molecule has 1 amide bonds. The molecule has 0 aromatic carbocycles. The number of aliphatic hydroxyl groups excluding tert-OH is 2. The van der Waals surface area contributed by atoms with Gasteiger partial charge in [0, 0.05) is 19.0 Å². The van der Waals surface area contributed by atoms with E-state index in [0.717, 1.165) is 44.9 Å². The lowest BCUT2D eigenvalue weighted by Gasteiger charge is -2.62. The van der Waals surface area contributed by atoms with Crippen molar-refractivity contribution in [3.8, 4) is 0 Å². The number of rotatable bonds is 8. The highest BCUT2D eigenvalue weighted by Crippen LogP contribution is 2.68. The normalized spacial score (nSPS) is 42.6. The number of amides is 1. The molecular weight excluding hydrogens is 490 g/mol. The predicted molar refractivity (Wildman–Crippen MR) is 144 cm³/mol. The van der Waals surface area contributed by atoms with E-state index >= 15 is 0 Å². The van der Waals surface area contributed by atoms with Crippen LogP contribution in [-0.4, -0.2) is 64.5 Å². The van der Waals surface area contributed by atoms with E-state index in [2.05, 4.69) is 20.8 Å². The molecule has 0 aliphatic heterocycles. The highest BCUT2D eigenvalue weighted by molar-refractivity contribution is 7.85. The summed E-state index contributed by atoms with van der Waals surface area (Å²) in [7, 11) is -4.12. The molecule has 0 aromatic heterocycles. The Hall–Kier alpha value is -0.700. The van der Waals surface area contributed by atoms with Crippen molar-refractivity contribution in [1.29, 1.82) is 0 Å². The molecule has 214 valence electrons. The molecule has 0 unspecified atom stereocenters. The Balaban J connectivity index is 1.43. The summed E-state index contributed by atoms with van der Waals surface area (Å²) in [5.74, 6) is 2.40. The van der Waals surface area contributed by atoms with Crippen LogP contribution in [0.15, 0.2) is 0 Å². The van der Waals surface area contributed by atoms with Crippen LogP contribution >= 0.6 is 0 Å². The number of hydrogen-bond acceptors (Lipinski definition) is 5. The highest BCUT2D eigenvalue weighted by Gasteiger charge is 2.63. The van der Waals surface area contributed by atoms with E-state index in [4.69, 9.17) is 4.55 Å². The van der Waals surface area contributed by atoms with Crippen molar-refractivity contribution in [1.82, 2.24) is 4.90 Å². The number of carbonyl (C=O) groups is 1. The van der Waals surface area contributed by atoms with E-state index in [9.17, 15) is 23.4 Å². The fourth-order valence-corrected chi connectivity index (χ4v) is 10.2. The van der Waals surface area contributed by atoms with Crippen LogP contribution in [0, 0.1) is 46.3 Å². The standard InChI is InChI=1S/C29H51NO6S/c1-18(2)30(14-15-37(34,35)36)27(33)11-6-19(3)23-9-10-24-22-8-7-20-16-21(31)12-13-28(20,4)25(22)17-26(32)29(23,24)5/h18-26,31-32H,6-17H2,1-5H3,(H,34,35,36)/t19-,20-,21-,22+,23-,24+,25+,26+,28+,29-/m1/s1. The van der Waals surface area contributed by atoms with Gasteiger partial charge in [0.2, 0.25) is 5.91 Å². The highest BCUT2D eigenvalue weighted by atomic mass is 32.2. The van der Waals surface area contributed by atoms with Crippen LogP contribution in [0.5, 0.6) is 0 Å². The molecule has 0 heterocycles.